The number of carbonyl (C=O) groups is 3. The van der Waals surface area contributed by atoms with Crippen molar-refractivity contribution in [1.82, 2.24) is 0 Å². The lowest BCUT2D eigenvalue weighted by Crippen LogP contribution is -2.49. The van der Waals surface area contributed by atoms with E-state index in [2.05, 4.69) is 10.6 Å². The first-order valence-electron chi connectivity index (χ1n) is 10.9. The van der Waals surface area contributed by atoms with Crippen LogP contribution in [0.4, 0.5) is 10.7 Å². The van der Waals surface area contributed by atoms with Gasteiger partial charge in [0.15, 0.2) is 0 Å². The largest absolute Gasteiger partial charge is 0.481 e. The van der Waals surface area contributed by atoms with Crippen molar-refractivity contribution < 1.29 is 19.5 Å². The number of aliphatic carboxylic acids is 1. The van der Waals surface area contributed by atoms with Gasteiger partial charge in [-0.15, -0.1) is 11.3 Å². The molecule has 31 heavy (non-hydrogen) atoms. The molecule has 3 aliphatic rings. The number of para-hydroxylation sites is 1. The van der Waals surface area contributed by atoms with Crippen molar-refractivity contribution in [2.75, 3.05) is 10.6 Å². The fourth-order valence-corrected chi connectivity index (χ4v) is 6.11. The zero-order chi connectivity index (χ0) is 22.1. The molecule has 2 bridgehead atoms. The molecular formula is C24H28N2O4S. The molecule has 3 aliphatic carbocycles. The first-order valence-corrected chi connectivity index (χ1v) is 11.7. The fraction of sp³-hybridized carbons (Fsp3) is 0.458. The lowest BCUT2D eigenvalue weighted by Gasteiger charge is -2.45. The highest BCUT2D eigenvalue weighted by Crippen LogP contribution is 2.49. The maximum Gasteiger partial charge on any atom is 0.307 e. The Balaban J connectivity index is 1.59. The van der Waals surface area contributed by atoms with E-state index in [1.54, 1.807) is 0 Å². The van der Waals surface area contributed by atoms with E-state index in [9.17, 15) is 19.5 Å². The van der Waals surface area contributed by atoms with E-state index in [0.29, 0.717) is 16.3 Å². The van der Waals surface area contributed by atoms with Gasteiger partial charge >= 0.3 is 5.97 Å². The number of amides is 2. The Bertz CT molecular complexity index is 977. The summed E-state index contributed by atoms with van der Waals surface area (Å²) < 4.78 is 0. The van der Waals surface area contributed by atoms with Crippen molar-refractivity contribution in [2.45, 2.75) is 45.4 Å². The number of carbonyl (C=O) groups excluding carboxylic acids is 2. The second-order valence-electron chi connectivity index (χ2n) is 8.92. The Kier molecular flexibility index (Phi) is 6.14. The van der Waals surface area contributed by atoms with Gasteiger partial charge in [0.2, 0.25) is 5.91 Å². The third-order valence-electron chi connectivity index (χ3n) is 6.64. The van der Waals surface area contributed by atoms with Crippen molar-refractivity contribution in [3.63, 3.8) is 0 Å². The number of benzene rings is 1. The van der Waals surface area contributed by atoms with Crippen LogP contribution in [0.1, 0.15) is 60.7 Å². The number of carboxylic acids is 1. The van der Waals surface area contributed by atoms with Gasteiger partial charge in [0.1, 0.15) is 5.00 Å². The zero-order valence-corrected chi connectivity index (χ0v) is 18.6. The summed E-state index contributed by atoms with van der Waals surface area (Å²) in [5.41, 5.74) is 1.09. The number of fused-ring (bicyclic) bond motifs is 3. The monoisotopic (exact) mass is 440 g/mol. The summed E-state index contributed by atoms with van der Waals surface area (Å²) in [6.45, 7) is 4.08. The second-order valence-corrected chi connectivity index (χ2v) is 10.0. The highest BCUT2D eigenvalue weighted by atomic mass is 32.1. The van der Waals surface area contributed by atoms with Crippen LogP contribution in [-0.4, -0.2) is 22.9 Å². The minimum Gasteiger partial charge on any atom is -0.481 e. The molecular weight excluding hydrogens is 412 g/mol. The quantitative estimate of drug-likeness (QED) is 0.575. The van der Waals surface area contributed by atoms with E-state index in [1.165, 1.54) is 11.3 Å². The van der Waals surface area contributed by atoms with E-state index >= 15 is 0 Å². The Morgan fingerprint density at radius 2 is 1.58 bits per heavy atom. The van der Waals surface area contributed by atoms with Crippen LogP contribution in [0, 0.1) is 23.7 Å². The number of rotatable bonds is 6. The highest BCUT2D eigenvalue weighted by Gasteiger charge is 2.50. The molecule has 2 aromatic rings. The molecule has 7 heteroatoms. The van der Waals surface area contributed by atoms with Gasteiger partial charge in [-0.1, -0.05) is 32.0 Å². The van der Waals surface area contributed by atoms with Crippen LogP contribution < -0.4 is 10.6 Å². The predicted molar refractivity (Wildman–Crippen MR) is 121 cm³/mol. The van der Waals surface area contributed by atoms with Crippen LogP contribution >= 0.6 is 11.3 Å². The highest BCUT2D eigenvalue weighted by molar-refractivity contribution is 7.16. The van der Waals surface area contributed by atoms with Crippen molar-refractivity contribution in [3.05, 3.63) is 46.8 Å². The first kappa shape index (κ1) is 21.6. The maximum atomic E-state index is 13.3. The van der Waals surface area contributed by atoms with Crippen LogP contribution in [-0.2, 0) is 9.59 Å². The van der Waals surface area contributed by atoms with Gasteiger partial charge < -0.3 is 15.7 Å². The van der Waals surface area contributed by atoms with Gasteiger partial charge in [-0.05, 0) is 61.6 Å². The van der Waals surface area contributed by atoms with Crippen LogP contribution in [0.2, 0.25) is 0 Å². The molecule has 6 nitrogen and oxygen atoms in total. The topological polar surface area (TPSA) is 95.5 Å². The first-order chi connectivity index (χ1) is 14.8. The van der Waals surface area contributed by atoms with E-state index in [4.69, 9.17) is 0 Å². The smallest absolute Gasteiger partial charge is 0.307 e. The third kappa shape index (κ3) is 4.37. The number of hydrogen-bond donors (Lipinski definition) is 3. The zero-order valence-electron chi connectivity index (χ0n) is 17.8. The number of anilines is 2. The van der Waals surface area contributed by atoms with Gasteiger partial charge in [0, 0.05) is 10.6 Å². The second kappa shape index (κ2) is 8.83. The van der Waals surface area contributed by atoms with Crippen LogP contribution in [0.3, 0.4) is 0 Å². The Labute approximate surface area is 186 Å². The summed E-state index contributed by atoms with van der Waals surface area (Å²) in [7, 11) is 0. The molecule has 1 aromatic carbocycles. The summed E-state index contributed by atoms with van der Waals surface area (Å²) in [4.78, 5) is 39.2. The fourth-order valence-electron chi connectivity index (χ4n) is 5.05. The molecule has 0 spiro atoms. The number of thiophene rings is 1. The Morgan fingerprint density at radius 3 is 2.16 bits per heavy atom. The molecule has 2 atom stereocenters. The lowest BCUT2D eigenvalue weighted by molar-refractivity contribution is -0.156. The summed E-state index contributed by atoms with van der Waals surface area (Å²) >= 11 is 1.39. The molecule has 3 N–H and O–H groups in total. The summed E-state index contributed by atoms with van der Waals surface area (Å²) in [5.74, 6) is -2.26. The van der Waals surface area contributed by atoms with Gasteiger partial charge in [-0.25, -0.2) is 0 Å². The van der Waals surface area contributed by atoms with E-state index in [1.807, 2.05) is 50.2 Å². The lowest BCUT2D eigenvalue weighted by atomic mass is 9.58. The third-order valence-corrected chi connectivity index (χ3v) is 7.99. The van der Waals surface area contributed by atoms with Gasteiger partial charge in [0.05, 0.1) is 17.4 Å². The minimum absolute atomic E-state index is 0.0636. The average molecular weight is 441 g/mol. The maximum absolute atomic E-state index is 13.3. The molecule has 0 saturated heterocycles. The normalized spacial score (nSPS) is 24.7. The Hall–Kier alpha value is -2.67. The van der Waals surface area contributed by atoms with Gasteiger partial charge in [-0.3, -0.25) is 14.4 Å². The molecule has 0 radical (unpaired) electrons. The SMILES string of the molecule is CC(C)c1cc(C(=O)Nc2ccccc2)c(NC(=O)[C@@H]2C3CCC(CC3)[C@@H]2C(=O)O)s1. The van der Waals surface area contributed by atoms with Gasteiger partial charge in [-0.2, -0.15) is 0 Å². The molecule has 5 rings (SSSR count). The summed E-state index contributed by atoms with van der Waals surface area (Å²) in [5, 5.41) is 16.1. The molecule has 1 heterocycles. The molecule has 2 amide bonds. The predicted octanol–water partition coefficient (Wildman–Crippen LogP) is 5.20. The minimum atomic E-state index is -0.884. The van der Waals surface area contributed by atoms with E-state index < -0.39 is 17.8 Å². The molecule has 3 saturated carbocycles. The van der Waals surface area contributed by atoms with Crippen LogP contribution in [0.15, 0.2) is 36.4 Å². The van der Waals surface area contributed by atoms with Crippen molar-refractivity contribution >= 4 is 39.8 Å². The van der Waals surface area contributed by atoms with E-state index in [0.717, 1.165) is 30.6 Å². The van der Waals surface area contributed by atoms with Gasteiger partial charge in [0.25, 0.3) is 5.91 Å². The number of carboxylic acid groups (broad SMARTS) is 1. The van der Waals surface area contributed by atoms with Crippen molar-refractivity contribution in [1.29, 1.82) is 0 Å². The van der Waals surface area contributed by atoms with Crippen LogP contribution in [0.25, 0.3) is 0 Å². The molecule has 0 unspecified atom stereocenters. The van der Waals surface area contributed by atoms with E-state index in [-0.39, 0.29) is 29.6 Å². The molecule has 164 valence electrons. The molecule has 1 aromatic heterocycles. The molecule has 0 aliphatic heterocycles. The number of nitrogens with one attached hydrogen (secondary N) is 2. The number of hydrogen-bond acceptors (Lipinski definition) is 4. The van der Waals surface area contributed by atoms with Crippen LogP contribution in [0.5, 0.6) is 0 Å². The molecule has 3 fully saturated rings. The standard InChI is InChI=1S/C24H28N2O4S/c1-13(2)18-12-17(21(27)25-16-6-4-3-5-7-16)23(31-18)26-22(28)19-14-8-10-15(11-9-14)20(19)24(29)30/h3-7,12-15,19-20H,8-11H2,1-2H3,(H,25,27)(H,26,28)(H,29,30)/t14?,15?,19-,20+/m1/s1. The van der Waals surface area contributed by atoms with Crippen molar-refractivity contribution in [2.24, 2.45) is 23.7 Å². The Morgan fingerprint density at radius 1 is 0.968 bits per heavy atom. The van der Waals surface area contributed by atoms with Crippen molar-refractivity contribution in [3.8, 4) is 0 Å². The summed E-state index contributed by atoms with van der Waals surface area (Å²) in [6, 6.07) is 11.0. The summed E-state index contributed by atoms with van der Waals surface area (Å²) in [6.07, 6.45) is 3.56. The average Bonchev–Trinajstić information content (AvgIpc) is 3.18.